The van der Waals surface area contributed by atoms with Gasteiger partial charge in [0.25, 0.3) is 5.69 Å². The van der Waals surface area contributed by atoms with E-state index in [4.69, 9.17) is 16.3 Å². The van der Waals surface area contributed by atoms with Crippen molar-refractivity contribution in [2.75, 3.05) is 18.8 Å². The van der Waals surface area contributed by atoms with E-state index in [0.29, 0.717) is 4.31 Å². The standard InChI is InChI=1S/C10H9N5O4S/c11-3-5-14(6-4-12)20(18,19)8-1-2-9(13)10(7-8)15(16)17/h1-2,7H,5-6,13H2. The molecule has 0 spiro atoms. The van der Waals surface area contributed by atoms with Crippen LogP contribution in [0.25, 0.3) is 0 Å². The molecule has 0 atom stereocenters. The highest BCUT2D eigenvalue weighted by Crippen LogP contribution is 2.26. The van der Waals surface area contributed by atoms with Crippen molar-refractivity contribution in [1.29, 1.82) is 10.5 Å². The van der Waals surface area contributed by atoms with Crippen molar-refractivity contribution in [3.05, 3.63) is 28.3 Å². The number of nitrogens with two attached hydrogens (primary N) is 1. The maximum atomic E-state index is 12.2. The molecule has 0 aromatic heterocycles. The minimum Gasteiger partial charge on any atom is -0.393 e. The third kappa shape index (κ3) is 3.00. The van der Waals surface area contributed by atoms with E-state index in [1.807, 2.05) is 0 Å². The number of anilines is 1. The smallest absolute Gasteiger partial charge is 0.293 e. The summed E-state index contributed by atoms with van der Waals surface area (Å²) in [6, 6.07) is 6.19. The van der Waals surface area contributed by atoms with Crippen LogP contribution in [0.4, 0.5) is 11.4 Å². The zero-order valence-electron chi connectivity index (χ0n) is 10.1. The molecule has 0 fully saturated rings. The second-order valence-corrected chi connectivity index (χ2v) is 5.50. The number of nitrogen functional groups attached to an aromatic ring is 1. The number of rotatable bonds is 5. The number of hydrogen-bond acceptors (Lipinski definition) is 7. The van der Waals surface area contributed by atoms with Crippen LogP contribution in [0, 0.1) is 32.8 Å². The van der Waals surface area contributed by atoms with Gasteiger partial charge in [-0.15, -0.1) is 0 Å². The molecule has 0 aliphatic rings. The summed E-state index contributed by atoms with van der Waals surface area (Å²) >= 11 is 0. The molecule has 0 amide bonds. The van der Waals surface area contributed by atoms with Gasteiger partial charge in [0.1, 0.15) is 18.8 Å². The Morgan fingerprint density at radius 3 is 2.30 bits per heavy atom. The van der Waals surface area contributed by atoms with Gasteiger partial charge in [0, 0.05) is 6.07 Å². The highest BCUT2D eigenvalue weighted by atomic mass is 32.2. The lowest BCUT2D eigenvalue weighted by molar-refractivity contribution is -0.384. The van der Waals surface area contributed by atoms with Gasteiger partial charge in [-0.1, -0.05) is 0 Å². The molecule has 10 heteroatoms. The summed E-state index contributed by atoms with van der Waals surface area (Å²) in [7, 11) is -4.17. The van der Waals surface area contributed by atoms with Crippen molar-refractivity contribution in [1.82, 2.24) is 4.31 Å². The van der Waals surface area contributed by atoms with Crippen LogP contribution in [0.2, 0.25) is 0 Å². The number of nitrogens with zero attached hydrogens (tertiary/aromatic N) is 4. The lowest BCUT2D eigenvalue weighted by Gasteiger charge is -2.15. The fraction of sp³-hybridized carbons (Fsp3) is 0.200. The van der Waals surface area contributed by atoms with E-state index < -0.39 is 38.6 Å². The topological polar surface area (TPSA) is 154 Å². The fourth-order valence-corrected chi connectivity index (χ4v) is 2.63. The molecule has 104 valence electrons. The fourth-order valence-electron chi connectivity index (χ4n) is 1.37. The number of nitro groups is 1. The van der Waals surface area contributed by atoms with Crippen molar-refractivity contribution in [3.63, 3.8) is 0 Å². The molecule has 0 heterocycles. The largest absolute Gasteiger partial charge is 0.393 e. The first-order valence-electron chi connectivity index (χ1n) is 5.12. The van der Waals surface area contributed by atoms with E-state index in [1.165, 1.54) is 0 Å². The normalized spacial score (nSPS) is 10.8. The molecule has 0 radical (unpaired) electrons. The molecule has 0 aliphatic carbocycles. The van der Waals surface area contributed by atoms with Crippen LogP contribution in [0.1, 0.15) is 0 Å². The van der Waals surface area contributed by atoms with Crippen LogP contribution in [-0.4, -0.2) is 30.7 Å². The molecule has 0 unspecified atom stereocenters. The molecule has 0 bridgehead atoms. The summed E-state index contributed by atoms with van der Waals surface area (Å²) < 4.78 is 24.9. The molecule has 20 heavy (non-hydrogen) atoms. The van der Waals surface area contributed by atoms with Gasteiger partial charge < -0.3 is 5.73 Å². The molecule has 9 nitrogen and oxygen atoms in total. The van der Waals surface area contributed by atoms with Crippen LogP contribution in [0.5, 0.6) is 0 Å². The Hall–Kier alpha value is -2.69. The minimum atomic E-state index is -4.17. The van der Waals surface area contributed by atoms with Crippen LogP contribution in [-0.2, 0) is 10.0 Å². The Balaban J connectivity index is 3.35. The number of hydrogen-bond donors (Lipinski definition) is 1. The second-order valence-electron chi connectivity index (χ2n) is 3.57. The van der Waals surface area contributed by atoms with Gasteiger partial charge in [0.05, 0.1) is 22.0 Å². The summed E-state index contributed by atoms with van der Waals surface area (Å²) in [5.41, 5.74) is 4.64. The van der Waals surface area contributed by atoms with E-state index in [9.17, 15) is 18.5 Å². The Labute approximate surface area is 114 Å². The second kappa shape index (κ2) is 5.97. The van der Waals surface area contributed by atoms with E-state index in [-0.39, 0.29) is 5.69 Å². The first kappa shape index (κ1) is 15.4. The zero-order chi connectivity index (χ0) is 15.3. The predicted octanol–water partition coefficient (Wildman–Crippen LogP) is 0.215. The lowest BCUT2D eigenvalue weighted by atomic mass is 10.3. The maximum absolute atomic E-state index is 12.2. The van der Waals surface area contributed by atoms with Crippen molar-refractivity contribution in [2.24, 2.45) is 0 Å². The lowest BCUT2D eigenvalue weighted by Crippen LogP contribution is -2.31. The van der Waals surface area contributed by atoms with Gasteiger partial charge in [-0.2, -0.15) is 14.8 Å². The van der Waals surface area contributed by atoms with Crippen LogP contribution in [0.15, 0.2) is 23.1 Å². The average molecular weight is 295 g/mol. The molecular weight excluding hydrogens is 286 g/mol. The van der Waals surface area contributed by atoms with Gasteiger partial charge >= 0.3 is 0 Å². The van der Waals surface area contributed by atoms with Crippen LogP contribution in [0.3, 0.4) is 0 Å². The van der Waals surface area contributed by atoms with Crippen molar-refractivity contribution >= 4 is 21.4 Å². The molecule has 1 rings (SSSR count). The Morgan fingerprint density at radius 2 is 1.85 bits per heavy atom. The average Bonchev–Trinajstić information content (AvgIpc) is 2.38. The van der Waals surface area contributed by atoms with Gasteiger partial charge in [0.2, 0.25) is 10.0 Å². The third-order valence-electron chi connectivity index (χ3n) is 2.33. The quantitative estimate of drug-likeness (QED) is 0.352. The van der Waals surface area contributed by atoms with Gasteiger partial charge in [0.15, 0.2) is 0 Å². The third-order valence-corrected chi connectivity index (χ3v) is 4.12. The van der Waals surface area contributed by atoms with Gasteiger partial charge in [-0.3, -0.25) is 10.1 Å². The molecule has 0 saturated heterocycles. The number of nitro benzene ring substituents is 1. The Kier molecular flexibility index (Phi) is 4.59. The van der Waals surface area contributed by atoms with Crippen LogP contribution < -0.4 is 5.73 Å². The predicted molar refractivity (Wildman–Crippen MR) is 67.5 cm³/mol. The maximum Gasteiger partial charge on any atom is 0.293 e. The van der Waals surface area contributed by atoms with Crippen molar-refractivity contribution in [2.45, 2.75) is 4.90 Å². The molecular formula is C10H9N5O4S. The number of nitriles is 2. The number of benzene rings is 1. The molecule has 0 aliphatic heterocycles. The van der Waals surface area contributed by atoms with E-state index in [1.54, 1.807) is 12.1 Å². The summed E-state index contributed by atoms with van der Waals surface area (Å²) in [6.07, 6.45) is 0. The summed E-state index contributed by atoms with van der Waals surface area (Å²) in [5.74, 6) is 0. The highest BCUT2D eigenvalue weighted by molar-refractivity contribution is 7.89. The van der Waals surface area contributed by atoms with Gasteiger partial charge in [-0.05, 0) is 12.1 Å². The highest BCUT2D eigenvalue weighted by Gasteiger charge is 2.26. The van der Waals surface area contributed by atoms with E-state index in [2.05, 4.69) is 0 Å². The first-order chi connectivity index (χ1) is 9.34. The van der Waals surface area contributed by atoms with Crippen LogP contribution >= 0.6 is 0 Å². The molecule has 1 aromatic carbocycles. The summed E-state index contributed by atoms with van der Waals surface area (Å²) in [5, 5.41) is 27.9. The molecule has 0 saturated carbocycles. The Morgan fingerprint density at radius 1 is 1.30 bits per heavy atom. The minimum absolute atomic E-state index is 0.180. The van der Waals surface area contributed by atoms with Gasteiger partial charge in [-0.25, -0.2) is 8.42 Å². The van der Waals surface area contributed by atoms with Crippen molar-refractivity contribution in [3.8, 4) is 12.1 Å². The Bertz CT molecular complexity index is 700. The summed E-state index contributed by atoms with van der Waals surface area (Å²) in [4.78, 5) is 9.52. The monoisotopic (exact) mass is 295 g/mol. The number of sulfonamides is 1. The molecule has 2 N–H and O–H groups in total. The molecule has 1 aromatic rings. The summed E-state index contributed by atoms with van der Waals surface area (Å²) in [6.45, 7) is -1.07. The SMILES string of the molecule is N#CCN(CC#N)S(=O)(=O)c1ccc(N)c([N+](=O)[O-])c1. The first-order valence-corrected chi connectivity index (χ1v) is 6.56. The van der Waals surface area contributed by atoms with Crippen molar-refractivity contribution < 1.29 is 13.3 Å². The zero-order valence-corrected chi connectivity index (χ0v) is 10.9. The van der Waals surface area contributed by atoms with E-state index >= 15 is 0 Å². The van der Waals surface area contributed by atoms with E-state index in [0.717, 1.165) is 18.2 Å².